The second-order valence-electron chi connectivity index (χ2n) is 2.26. The molecule has 1 atom stereocenters. The highest BCUT2D eigenvalue weighted by atomic mass is 79.9. The first kappa shape index (κ1) is 13.1. The Hall–Kier alpha value is 0.510. The first-order valence-corrected chi connectivity index (χ1v) is 3.99. The Morgan fingerprint density at radius 1 is 1.60 bits per heavy atom. The van der Waals surface area contributed by atoms with Crippen molar-refractivity contribution in [3.05, 3.63) is 12.7 Å². The molecule has 0 aromatic heterocycles. The standard InChI is InChI=1S/C8H15Cl.BrH/c1-3-5-7-8(9)6-4-2;/h4,8H,2-3,5-7H2,1H3;1H. The average Bonchev–Trinajstić information content (AvgIpc) is 1.85. The van der Waals surface area contributed by atoms with Gasteiger partial charge >= 0.3 is 0 Å². The van der Waals surface area contributed by atoms with Gasteiger partial charge in [-0.05, 0) is 12.8 Å². The van der Waals surface area contributed by atoms with E-state index in [-0.39, 0.29) is 17.0 Å². The Morgan fingerprint density at radius 3 is 2.60 bits per heavy atom. The van der Waals surface area contributed by atoms with Crippen molar-refractivity contribution in [1.29, 1.82) is 0 Å². The Bertz CT molecular complexity index is 73.7. The van der Waals surface area contributed by atoms with Gasteiger partial charge in [0.25, 0.3) is 0 Å². The van der Waals surface area contributed by atoms with Crippen LogP contribution in [0.4, 0.5) is 0 Å². The van der Waals surface area contributed by atoms with Crippen LogP contribution in [0, 0.1) is 0 Å². The Kier molecular flexibility index (Phi) is 12.5. The van der Waals surface area contributed by atoms with Crippen molar-refractivity contribution in [2.45, 2.75) is 38.0 Å². The highest BCUT2D eigenvalue weighted by Gasteiger charge is 1.98. The van der Waals surface area contributed by atoms with Crippen LogP contribution in [0.25, 0.3) is 0 Å². The number of hydrogen-bond donors (Lipinski definition) is 0. The van der Waals surface area contributed by atoms with Crippen LogP contribution in [0.2, 0.25) is 0 Å². The Balaban J connectivity index is 0. The van der Waals surface area contributed by atoms with E-state index in [0.29, 0.717) is 5.38 Å². The summed E-state index contributed by atoms with van der Waals surface area (Å²) in [6.07, 6.45) is 6.43. The molecule has 0 fully saturated rings. The monoisotopic (exact) mass is 226 g/mol. The van der Waals surface area contributed by atoms with E-state index in [4.69, 9.17) is 11.6 Å². The SMILES string of the molecule is Br.C=CCC(Cl)CCCC. The van der Waals surface area contributed by atoms with E-state index in [9.17, 15) is 0 Å². The minimum absolute atomic E-state index is 0. The number of rotatable bonds is 5. The van der Waals surface area contributed by atoms with Crippen LogP contribution in [0.3, 0.4) is 0 Å². The summed E-state index contributed by atoms with van der Waals surface area (Å²) in [7, 11) is 0. The van der Waals surface area contributed by atoms with Gasteiger partial charge in [-0.15, -0.1) is 35.2 Å². The molecule has 0 bridgehead atoms. The Labute approximate surface area is 79.4 Å². The van der Waals surface area contributed by atoms with Gasteiger partial charge in [0.2, 0.25) is 0 Å². The molecule has 0 aliphatic heterocycles. The summed E-state index contributed by atoms with van der Waals surface area (Å²) in [6.45, 7) is 5.80. The predicted octanol–water partition coefficient (Wildman–Crippen LogP) is 3.94. The zero-order valence-electron chi connectivity index (χ0n) is 6.48. The fourth-order valence-corrected chi connectivity index (χ4v) is 1.00. The lowest BCUT2D eigenvalue weighted by Crippen LogP contribution is -1.94. The minimum Gasteiger partial charge on any atom is -0.123 e. The number of halogens is 2. The van der Waals surface area contributed by atoms with Crippen molar-refractivity contribution in [3.63, 3.8) is 0 Å². The highest BCUT2D eigenvalue weighted by molar-refractivity contribution is 8.93. The molecule has 2 heteroatoms. The van der Waals surface area contributed by atoms with Gasteiger partial charge in [0.15, 0.2) is 0 Å². The van der Waals surface area contributed by atoms with Gasteiger partial charge in [-0.25, -0.2) is 0 Å². The summed E-state index contributed by atoms with van der Waals surface area (Å²) in [4.78, 5) is 0. The summed E-state index contributed by atoms with van der Waals surface area (Å²) in [5.74, 6) is 0. The highest BCUT2D eigenvalue weighted by Crippen LogP contribution is 2.10. The molecule has 0 aliphatic carbocycles. The van der Waals surface area contributed by atoms with Crippen LogP contribution in [0.1, 0.15) is 32.6 Å². The van der Waals surface area contributed by atoms with Gasteiger partial charge in [0.05, 0.1) is 0 Å². The van der Waals surface area contributed by atoms with Crippen molar-refractivity contribution in [2.75, 3.05) is 0 Å². The molecule has 0 rings (SSSR count). The van der Waals surface area contributed by atoms with Crippen LogP contribution in [-0.2, 0) is 0 Å². The molecule has 0 radical (unpaired) electrons. The Morgan fingerprint density at radius 2 is 2.20 bits per heavy atom. The fourth-order valence-electron chi connectivity index (χ4n) is 0.724. The second kappa shape index (κ2) is 9.51. The molecule has 0 saturated carbocycles. The van der Waals surface area contributed by atoms with Crippen molar-refractivity contribution in [2.24, 2.45) is 0 Å². The summed E-state index contributed by atoms with van der Waals surface area (Å²) in [5, 5.41) is 0.322. The first-order valence-electron chi connectivity index (χ1n) is 3.56. The lowest BCUT2D eigenvalue weighted by Gasteiger charge is -2.02. The quantitative estimate of drug-likeness (QED) is 0.493. The summed E-state index contributed by atoms with van der Waals surface area (Å²) < 4.78 is 0. The molecule has 10 heavy (non-hydrogen) atoms. The predicted molar refractivity (Wildman–Crippen MR) is 54.3 cm³/mol. The topological polar surface area (TPSA) is 0 Å². The minimum atomic E-state index is 0. The molecule has 0 aliphatic rings. The zero-order chi connectivity index (χ0) is 7.11. The molecule has 0 heterocycles. The van der Waals surface area contributed by atoms with Gasteiger partial charge < -0.3 is 0 Å². The van der Waals surface area contributed by atoms with Gasteiger partial charge in [-0.1, -0.05) is 25.8 Å². The molecule has 0 nitrogen and oxygen atoms in total. The van der Waals surface area contributed by atoms with Crippen molar-refractivity contribution in [1.82, 2.24) is 0 Å². The lowest BCUT2D eigenvalue weighted by molar-refractivity contribution is 0.682. The van der Waals surface area contributed by atoms with Crippen LogP contribution >= 0.6 is 28.6 Å². The zero-order valence-corrected chi connectivity index (χ0v) is 8.95. The third-order valence-corrected chi connectivity index (χ3v) is 1.69. The lowest BCUT2D eigenvalue weighted by atomic mass is 10.1. The molecule has 0 aromatic carbocycles. The molecule has 0 amide bonds. The van der Waals surface area contributed by atoms with E-state index in [1.54, 1.807) is 0 Å². The van der Waals surface area contributed by atoms with Gasteiger partial charge in [-0.3, -0.25) is 0 Å². The summed E-state index contributed by atoms with van der Waals surface area (Å²) in [5.41, 5.74) is 0. The summed E-state index contributed by atoms with van der Waals surface area (Å²) >= 11 is 5.89. The number of allylic oxidation sites excluding steroid dienone is 1. The molecule has 0 aromatic rings. The maximum atomic E-state index is 5.89. The van der Waals surface area contributed by atoms with Crippen molar-refractivity contribution >= 4 is 28.6 Å². The average molecular weight is 228 g/mol. The van der Waals surface area contributed by atoms with E-state index in [0.717, 1.165) is 12.8 Å². The number of alkyl halides is 1. The van der Waals surface area contributed by atoms with E-state index in [2.05, 4.69) is 13.5 Å². The van der Waals surface area contributed by atoms with E-state index in [1.165, 1.54) is 12.8 Å². The third-order valence-electron chi connectivity index (χ3n) is 1.29. The molecule has 0 saturated heterocycles. The van der Waals surface area contributed by atoms with Gasteiger partial charge in [0.1, 0.15) is 0 Å². The number of hydrogen-bond acceptors (Lipinski definition) is 0. The normalized spacial score (nSPS) is 11.8. The third kappa shape index (κ3) is 8.51. The number of unbranched alkanes of at least 4 members (excludes halogenated alkanes) is 1. The molecule has 0 N–H and O–H groups in total. The first-order chi connectivity index (χ1) is 4.31. The van der Waals surface area contributed by atoms with Crippen LogP contribution in [0.5, 0.6) is 0 Å². The maximum absolute atomic E-state index is 5.89. The second-order valence-corrected chi connectivity index (χ2v) is 2.88. The van der Waals surface area contributed by atoms with Crippen molar-refractivity contribution < 1.29 is 0 Å². The van der Waals surface area contributed by atoms with E-state index < -0.39 is 0 Å². The van der Waals surface area contributed by atoms with E-state index >= 15 is 0 Å². The molecule has 62 valence electrons. The maximum Gasteiger partial charge on any atom is 0.0370 e. The molecular formula is C8H16BrCl. The van der Waals surface area contributed by atoms with Gasteiger partial charge in [-0.2, -0.15) is 0 Å². The molecule has 1 unspecified atom stereocenters. The van der Waals surface area contributed by atoms with Crippen LogP contribution < -0.4 is 0 Å². The largest absolute Gasteiger partial charge is 0.123 e. The van der Waals surface area contributed by atoms with Crippen LogP contribution in [0.15, 0.2) is 12.7 Å². The smallest absolute Gasteiger partial charge is 0.0370 e. The van der Waals surface area contributed by atoms with E-state index in [1.807, 2.05) is 6.08 Å². The fraction of sp³-hybridized carbons (Fsp3) is 0.750. The van der Waals surface area contributed by atoms with Crippen LogP contribution in [-0.4, -0.2) is 5.38 Å². The van der Waals surface area contributed by atoms with Gasteiger partial charge in [0, 0.05) is 5.38 Å². The summed E-state index contributed by atoms with van der Waals surface area (Å²) in [6, 6.07) is 0. The molecule has 0 spiro atoms. The molecular weight excluding hydrogens is 211 g/mol. The van der Waals surface area contributed by atoms with Crippen molar-refractivity contribution in [3.8, 4) is 0 Å².